The standard InChI is InChI=1S/C19H23NO5/c1-13(18(21)20-10-9-14-5-3-2-4-6-14)25-19(22)15-7-8-16-17(11-15)24-12-23-16/h5,7-8,11,13H,2-4,6,9-10,12H2,1H3,(H,20,21)/t13-/m1/s1. The van der Waals surface area contributed by atoms with E-state index >= 15 is 0 Å². The Morgan fingerprint density at radius 2 is 2.08 bits per heavy atom. The summed E-state index contributed by atoms with van der Waals surface area (Å²) in [6.45, 7) is 2.28. The lowest BCUT2D eigenvalue weighted by atomic mass is 9.97. The van der Waals surface area contributed by atoms with Crippen LogP contribution in [0.1, 0.15) is 49.4 Å². The molecule has 0 spiro atoms. The highest BCUT2D eigenvalue weighted by Gasteiger charge is 2.21. The first-order valence-electron chi connectivity index (χ1n) is 8.70. The van der Waals surface area contributed by atoms with Gasteiger partial charge in [-0.25, -0.2) is 4.79 Å². The van der Waals surface area contributed by atoms with Gasteiger partial charge in [0.05, 0.1) is 5.56 Å². The monoisotopic (exact) mass is 345 g/mol. The van der Waals surface area contributed by atoms with Crippen LogP contribution in [0.15, 0.2) is 29.8 Å². The second-order valence-corrected chi connectivity index (χ2v) is 6.26. The molecule has 1 N–H and O–H groups in total. The van der Waals surface area contributed by atoms with E-state index in [0.717, 1.165) is 19.3 Å². The number of ether oxygens (including phenoxy) is 3. The molecule has 1 amide bonds. The molecule has 134 valence electrons. The molecule has 1 heterocycles. The van der Waals surface area contributed by atoms with Crippen LogP contribution < -0.4 is 14.8 Å². The number of hydrogen-bond acceptors (Lipinski definition) is 5. The van der Waals surface area contributed by atoms with Crippen LogP contribution in [-0.2, 0) is 9.53 Å². The molecule has 3 rings (SSSR count). The number of hydrogen-bond donors (Lipinski definition) is 1. The fourth-order valence-electron chi connectivity index (χ4n) is 2.93. The van der Waals surface area contributed by atoms with Crippen LogP contribution in [0.4, 0.5) is 0 Å². The van der Waals surface area contributed by atoms with Crippen molar-refractivity contribution in [2.45, 2.75) is 45.1 Å². The molecular weight excluding hydrogens is 322 g/mol. The van der Waals surface area contributed by atoms with Gasteiger partial charge in [-0.2, -0.15) is 0 Å². The minimum Gasteiger partial charge on any atom is -0.454 e. The summed E-state index contributed by atoms with van der Waals surface area (Å²) in [7, 11) is 0. The molecule has 2 aliphatic rings. The Kier molecular flexibility index (Phi) is 5.58. The molecule has 1 atom stereocenters. The molecule has 0 unspecified atom stereocenters. The van der Waals surface area contributed by atoms with E-state index in [1.54, 1.807) is 25.1 Å². The number of nitrogens with one attached hydrogen (secondary N) is 1. The molecule has 1 aliphatic carbocycles. The zero-order chi connectivity index (χ0) is 17.6. The van der Waals surface area contributed by atoms with Gasteiger partial charge in [-0.05, 0) is 57.2 Å². The number of allylic oxidation sites excluding steroid dienone is 1. The van der Waals surface area contributed by atoms with Gasteiger partial charge < -0.3 is 19.5 Å². The maximum atomic E-state index is 12.2. The molecule has 0 saturated carbocycles. The summed E-state index contributed by atoms with van der Waals surface area (Å²) in [5.41, 5.74) is 1.73. The Balaban J connectivity index is 1.45. The summed E-state index contributed by atoms with van der Waals surface area (Å²) in [4.78, 5) is 24.3. The lowest BCUT2D eigenvalue weighted by molar-refractivity contribution is -0.129. The molecule has 0 bridgehead atoms. The summed E-state index contributed by atoms with van der Waals surface area (Å²) < 4.78 is 15.7. The smallest absolute Gasteiger partial charge is 0.339 e. The van der Waals surface area contributed by atoms with Gasteiger partial charge >= 0.3 is 5.97 Å². The minimum absolute atomic E-state index is 0.142. The van der Waals surface area contributed by atoms with E-state index in [4.69, 9.17) is 14.2 Å². The van der Waals surface area contributed by atoms with E-state index in [9.17, 15) is 9.59 Å². The lowest BCUT2D eigenvalue weighted by Gasteiger charge is -2.15. The van der Waals surface area contributed by atoms with Crippen LogP contribution in [0.25, 0.3) is 0 Å². The maximum Gasteiger partial charge on any atom is 0.339 e. The Morgan fingerprint density at radius 3 is 2.88 bits per heavy atom. The molecule has 1 aliphatic heterocycles. The van der Waals surface area contributed by atoms with Gasteiger partial charge in [0.25, 0.3) is 5.91 Å². The average molecular weight is 345 g/mol. The van der Waals surface area contributed by atoms with Crippen molar-refractivity contribution in [2.24, 2.45) is 0 Å². The maximum absolute atomic E-state index is 12.2. The first-order valence-corrected chi connectivity index (χ1v) is 8.70. The third-order valence-corrected chi connectivity index (χ3v) is 4.39. The normalized spacial score (nSPS) is 16.8. The molecule has 6 heteroatoms. The Morgan fingerprint density at radius 1 is 1.24 bits per heavy atom. The summed E-state index contributed by atoms with van der Waals surface area (Å²) >= 11 is 0. The zero-order valence-corrected chi connectivity index (χ0v) is 14.4. The second-order valence-electron chi connectivity index (χ2n) is 6.26. The summed E-state index contributed by atoms with van der Waals surface area (Å²) in [5, 5.41) is 2.83. The van der Waals surface area contributed by atoms with Gasteiger partial charge in [0.1, 0.15) is 0 Å². The molecular formula is C19H23NO5. The van der Waals surface area contributed by atoms with Crippen LogP contribution >= 0.6 is 0 Å². The molecule has 1 aromatic rings. The van der Waals surface area contributed by atoms with E-state index in [0.29, 0.717) is 23.6 Å². The number of carbonyl (C=O) groups excluding carboxylic acids is 2. The fraction of sp³-hybridized carbons (Fsp3) is 0.474. The number of rotatable bonds is 6. The second kappa shape index (κ2) is 8.05. The van der Waals surface area contributed by atoms with E-state index in [1.165, 1.54) is 18.4 Å². The Bertz CT molecular complexity index is 682. The summed E-state index contributed by atoms with van der Waals surface area (Å²) in [6, 6.07) is 4.81. The topological polar surface area (TPSA) is 73.9 Å². The van der Waals surface area contributed by atoms with Crippen molar-refractivity contribution in [3.05, 3.63) is 35.4 Å². The fourth-order valence-corrected chi connectivity index (χ4v) is 2.93. The summed E-state index contributed by atoms with van der Waals surface area (Å²) in [6.07, 6.45) is 7.00. The van der Waals surface area contributed by atoms with E-state index < -0.39 is 12.1 Å². The van der Waals surface area contributed by atoms with E-state index in [-0.39, 0.29) is 12.7 Å². The van der Waals surface area contributed by atoms with Crippen molar-refractivity contribution in [3.8, 4) is 11.5 Å². The third kappa shape index (κ3) is 4.53. The van der Waals surface area contributed by atoms with Crippen molar-refractivity contribution in [3.63, 3.8) is 0 Å². The molecule has 25 heavy (non-hydrogen) atoms. The number of amides is 1. The molecule has 1 aromatic carbocycles. The number of esters is 1. The van der Waals surface area contributed by atoms with Gasteiger partial charge in [0, 0.05) is 6.54 Å². The van der Waals surface area contributed by atoms with Crippen LogP contribution in [0.5, 0.6) is 11.5 Å². The highest BCUT2D eigenvalue weighted by Crippen LogP contribution is 2.32. The molecule has 0 saturated heterocycles. The van der Waals surface area contributed by atoms with Gasteiger partial charge in [-0.1, -0.05) is 11.6 Å². The first-order chi connectivity index (χ1) is 12.1. The van der Waals surface area contributed by atoms with Crippen LogP contribution in [-0.4, -0.2) is 31.3 Å². The van der Waals surface area contributed by atoms with Crippen LogP contribution in [0.3, 0.4) is 0 Å². The van der Waals surface area contributed by atoms with Crippen LogP contribution in [0, 0.1) is 0 Å². The van der Waals surface area contributed by atoms with Crippen molar-refractivity contribution >= 4 is 11.9 Å². The highest BCUT2D eigenvalue weighted by molar-refractivity contribution is 5.92. The number of fused-ring (bicyclic) bond motifs is 1. The van der Waals surface area contributed by atoms with E-state index in [1.807, 2.05) is 0 Å². The van der Waals surface area contributed by atoms with Crippen molar-refractivity contribution in [1.29, 1.82) is 0 Å². The quantitative estimate of drug-likeness (QED) is 0.634. The van der Waals surface area contributed by atoms with Gasteiger partial charge in [-0.3, -0.25) is 4.79 Å². The largest absolute Gasteiger partial charge is 0.454 e. The van der Waals surface area contributed by atoms with Crippen molar-refractivity contribution in [1.82, 2.24) is 5.32 Å². The summed E-state index contributed by atoms with van der Waals surface area (Å²) in [5.74, 6) is 0.258. The third-order valence-electron chi connectivity index (χ3n) is 4.39. The van der Waals surface area contributed by atoms with Crippen molar-refractivity contribution < 1.29 is 23.8 Å². The van der Waals surface area contributed by atoms with Gasteiger partial charge in [-0.15, -0.1) is 0 Å². The predicted molar refractivity (Wildman–Crippen MR) is 91.6 cm³/mol. The first kappa shape index (κ1) is 17.3. The molecule has 6 nitrogen and oxygen atoms in total. The van der Waals surface area contributed by atoms with Gasteiger partial charge in [0.15, 0.2) is 17.6 Å². The van der Waals surface area contributed by atoms with E-state index in [2.05, 4.69) is 11.4 Å². The Labute approximate surface area is 147 Å². The van der Waals surface area contributed by atoms with Gasteiger partial charge in [0.2, 0.25) is 6.79 Å². The minimum atomic E-state index is -0.849. The predicted octanol–water partition coefficient (Wildman–Crippen LogP) is 2.97. The van der Waals surface area contributed by atoms with Crippen LogP contribution in [0.2, 0.25) is 0 Å². The van der Waals surface area contributed by atoms with Crippen molar-refractivity contribution in [2.75, 3.05) is 13.3 Å². The Hall–Kier alpha value is -2.50. The molecule has 0 fully saturated rings. The molecule has 0 aromatic heterocycles. The highest BCUT2D eigenvalue weighted by atomic mass is 16.7. The zero-order valence-electron chi connectivity index (χ0n) is 14.4. The average Bonchev–Trinajstić information content (AvgIpc) is 3.10. The SMILES string of the molecule is C[C@@H](OC(=O)c1ccc2c(c1)OCO2)C(=O)NCCC1=CCCCC1. The number of carbonyl (C=O) groups is 2. The molecule has 0 radical (unpaired) electrons. The lowest BCUT2D eigenvalue weighted by Crippen LogP contribution is -2.36. The number of benzene rings is 1.